The van der Waals surface area contributed by atoms with E-state index in [0.717, 1.165) is 11.2 Å². The van der Waals surface area contributed by atoms with Crippen LogP contribution in [-0.2, 0) is 5.41 Å². The summed E-state index contributed by atoms with van der Waals surface area (Å²) >= 11 is 0. The average molecular weight is 713 g/mol. The zero-order valence-corrected chi connectivity index (χ0v) is 31.2. The van der Waals surface area contributed by atoms with Gasteiger partial charge in [-0.1, -0.05) is 166 Å². The summed E-state index contributed by atoms with van der Waals surface area (Å²) < 4.78 is 6.29. The highest BCUT2D eigenvalue weighted by Crippen LogP contribution is 2.53. The number of furan rings is 1. The SMILES string of the molecule is CC1(C)c2ccc(-c3cccc(-c4c5ccccc5c(-c5ccc6ccccc6c5)c5ccccc45)c3)cc2-c2ccc3c(ccc4oc5ccccc5c43)c21. The second kappa shape index (κ2) is 11.5. The molecule has 10 aromatic carbocycles. The van der Waals surface area contributed by atoms with Gasteiger partial charge in [0.2, 0.25) is 0 Å². The molecule has 0 atom stereocenters. The van der Waals surface area contributed by atoms with Gasteiger partial charge in [0.05, 0.1) is 0 Å². The number of para-hydroxylation sites is 1. The summed E-state index contributed by atoms with van der Waals surface area (Å²) in [5.41, 5.74) is 14.6. The van der Waals surface area contributed by atoms with Crippen LogP contribution in [-0.4, -0.2) is 0 Å². The Morgan fingerprint density at radius 1 is 0.357 bits per heavy atom. The summed E-state index contributed by atoms with van der Waals surface area (Å²) in [6.45, 7) is 4.76. The molecule has 1 aliphatic carbocycles. The maximum Gasteiger partial charge on any atom is 0.136 e. The first kappa shape index (κ1) is 31.4. The predicted molar refractivity (Wildman–Crippen MR) is 238 cm³/mol. The molecule has 0 saturated heterocycles. The lowest BCUT2D eigenvalue weighted by Crippen LogP contribution is -2.15. The maximum absolute atomic E-state index is 6.29. The molecule has 0 aliphatic heterocycles. The Kier molecular flexibility index (Phi) is 6.46. The van der Waals surface area contributed by atoms with Gasteiger partial charge in [0, 0.05) is 16.2 Å². The van der Waals surface area contributed by atoms with Crippen molar-refractivity contribution < 1.29 is 4.42 Å². The van der Waals surface area contributed by atoms with E-state index in [2.05, 4.69) is 190 Å². The molecule has 1 aliphatic rings. The molecule has 1 heterocycles. The van der Waals surface area contributed by atoms with Gasteiger partial charge >= 0.3 is 0 Å². The fourth-order valence-electron chi connectivity index (χ4n) is 10.1. The van der Waals surface area contributed by atoms with Gasteiger partial charge in [-0.3, -0.25) is 0 Å². The minimum Gasteiger partial charge on any atom is -0.456 e. The van der Waals surface area contributed by atoms with Gasteiger partial charge in [0.1, 0.15) is 11.2 Å². The molecule has 0 bridgehead atoms. The standard InChI is InChI=1S/C55H36O/c1-55(2)48-28-24-36(32-47(48)45-26-25-43-44(54(45)55)27-29-50-53(43)46-20-9-10-21-49(46)56-50)35-14-11-15-37(31-35)51-39-16-5-7-18-41(39)52(42-19-8-6-17-40(42)51)38-23-22-33-12-3-4-13-34(33)30-38/h3-32H,1-2H3. The molecule has 56 heavy (non-hydrogen) atoms. The van der Waals surface area contributed by atoms with E-state index in [1.807, 2.05) is 6.07 Å². The summed E-state index contributed by atoms with van der Waals surface area (Å²) in [7, 11) is 0. The van der Waals surface area contributed by atoms with E-state index in [0.29, 0.717) is 0 Å². The molecule has 0 radical (unpaired) electrons. The van der Waals surface area contributed by atoms with E-state index in [1.165, 1.54) is 109 Å². The van der Waals surface area contributed by atoms with Crippen molar-refractivity contribution in [3.63, 3.8) is 0 Å². The van der Waals surface area contributed by atoms with Gasteiger partial charge in [-0.05, 0) is 129 Å². The van der Waals surface area contributed by atoms with E-state index >= 15 is 0 Å². The first-order chi connectivity index (χ1) is 27.5. The molecule has 1 aromatic heterocycles. The van der Waals surface area contributed by atoms with Gasteiger partial charge in [-0.15, -0.1) is 0 Å². The third-order valence-electron chi connectivity index (χ3n) is 12.6. The Labute approximate surface area is 325 Å². The molecular weight excluding hydrogens is 677 g/mol. The number of fused-ring (bicyclic) bond motifs is 12. The molecule has 1 heteroatoms. The molecule has 262 valence electrons. The van der Waals surface area contributed by atoms with Crippen LogP contribution in [0.5, 0.6) is 0 Å². The van der Waals surface area contributed by atoms with Crippen LogP contribution >= 0.6 is 0 Å². The third-order valence-corrected chi connectivity index (χ3v) is 12.6. The summed E-state index contributed by atoms with van der Waals surface area (Å²) in [5, 5.41) is 12.5. The largest absolute Gasteiger partial charge is 0.456 e. The van der Waals surface area contributed by atoms with Crippen LogP contribution < -0.4 is 0 Å². The second-order valence-electron chi connectivity index (χ2n) is 16.0. The molecule has 0 amide bonds. The lowest BCUT2D eigenvalue weighted by molar-refractivity contribution is 0.665. The van der Waals surface area contributed by atoms with Crippen molar-refractivity contribution in [2.45, 2.75) is 19.3 Å². The minimum absolute atomic E-state index is 0.150. The van der Waals surface area contributed by atoms with Crippen LogP contribution in [0, 0.1) is 0 Å². The lowest BCUT2D eigenvalue weighted by atomic mass is 9.79. The molecule has 0 N–H and O–H groups in total. The van der Waals surface area contributed by atoms with Crippen LogP contribution in [0.15, 0.2) is 186 Å². The number of hydrogen-bond donors (Lipinski definition) is 0. The Hall–Kier alpha value is -6.96. The van der Waals surface area contributed by atoms with Crippen LogP contribution in [0.4, 0.5) is 0 Å². The summed E-state index contributed by atoms with van der Waals surface area (Å²) in [6, 6.07) is 67.2. The number of hydrogen-bond acceptors (Lipinski definition) is 1. The Bertz CT molecular complexity index is 3390. The molecule has 1 nitrogen and oxygen atoms in total. The highest BCUT2D eigenvalue weighted by Gasteiger charge is 2.37. The number of benzene rings is 10. The smallest absolute Gasteiger partial charge is 0.136 e. The first-order valence-electron chi connectivity index (χ1n) is 19.6. The monoisotopic (exact) mass is 712 g/mol. The van der Waals surface area contributed by atoms with E-state index in [1.54, 1.807) is 0 Å². The second-order valence-corrected chi connectivity index (χ2v) is 16.0. The molecule has 0 fully saturated rings. The van der Waals surface area contributed by atoms with E-state index in [4.69, 9.17) is 4.42 Å². The van der Waals surface area contributed by atoms with Crippen molar-refractivity contribution in [3.05, 3.63) is 193 Å². The predicted octanol–water partition coefficient (Wildman–Crippen LogP) is 15.5. The maximum atomic E-state index is 6.29. The van der Waals surface area contributed by atoms with Crippen molar-refractivity contribution in [1.29, 1.82) is 0 Å². The molecule has 0 saturated carbocycles. The fraction of sp³-hybridized carbons (Fsp3) is 0.0545. The van der Waals surface area contributed by atoms with Crippen molar-refractivity contribution in [2.75, 3.05) is 0 Å². The lowest BCUT2D eigenvalue weighted by Gasteiger charge is -2.23. The Balaban J connectivity index is 1.02. The van der Waals surface area contributed by atoms with Crippen LogP contribution in [0.1, 0.15) is 25.0 Å². The third kappa shape index (κ3) is 4.37. The first-order valence-corrected chi connectivity index (χ1v) is 19.6. The van der Waals surface area contributed by atoms with E-state index in [9.17, 15) is 0 Å². The molecule has 0 spiro atoms. The molecule has 12 rings (SSSR count). The van der Waals surface area contributed by atoms with Gasteiger partial charge in [0.15, 0.2) is 0 Å². The van der Waals surface area contributed by atoms with Gasteiger partial charge in [-0.2, -0.15) is 0 Å². The van der Waals surface area contributed by atoms with Gasteiger partial charge < -0.3 is 4.42 Å². The number of rotatable bonds is 3. The average Bonchev–Trinajstić information content (AvgIpc) is 3.74. The molecular formula is C55H36O. The zero-order chi connectivity index (χ0) is 37.1. The van der Waals surface area contributed by atoms with Crippen molar-refractivity contribution in [2.24, 2.45) is 0 Å². The topological polar surface area (TPSA) is 13.1 Å². The van der Waals surface area contributed by atoms with Crippen LogP contribution in [0.25, 0.3) is 110 Å². The van der Waals surface area contributed by atoms with Gasteiger partial charge in [0.25, 0.3) is 0 Å². The van der Waals surface area contributed by atoms with Crippen molar-refractivity contribution in [1.82, 2.24) is 0 Å². The summed E-state index contributed by atoms with van der Waals surface area (Å²) in [6.07, 6.45) is 0. The van der Waals surface area contributed by atoms with Crippen LogP contribution in [0.3, 0.4) is 0 Å². The molecule has 11 aromatic rings. The zero-order valence-electron chi connectivity index (χ0n) is 31.2. The summed E-state index contributed by atoms with van der Waals surface area (Å²) in [5.74, 6) is 0. The molecule has 0 unspecified atom stereocenters. The van der Waals surface area contributed by atoms with E-state index < -0.39 is 0 Å². The quantitative estimate of drug-likeness (QED) is 0.166. The highest BCUT2D eigenvalue weighted by atomic mass is 16.3. The van der Waals surface area contributed by atoms with Crippen LogP contribution in [0.2, 0.25) is 0 Å². The van der Waals surface area contributed by atoms with Gasteiger partial charge in [-0.25, -0.2) is 0 Å². The summed E-state index contributed by atoms with van der Waals surface area (Å²) in [4.78, 5) is 0. The van der Waals surface area contributed by atoms with Crippen molar-refractivity contribution >= 4 is 65.0 Å². The Morgan fingerprint density at radius 3 is 1.70 bits per heavy atom. The Morgan fingerprint density at radius 2 is 0.946 bits per heavy atom. The fourth-order valence-corrected chi connectivity index (χ4v) is 10.1. The van der Waals surface area contributed by atoms with Crippen molar-refractivity contribution in [3.8, 4) is 44.5 Å². The normalized spacial score (nSPS) is 13.3. The highest BCUT2D eigenvalue weighted by molar-refractivity contribution is 6.22. The minimum atomic E-state index is -0.150. The van der Waals surface area contributed by atoms with E-state index in [-0.39, 0.29) is 5.41 Å².